The molecule has 0 saturated heterocycles. The molecule has 0 aromatic heterocycles. The zero-order chi connectivity index (χ0) is 12.8. The molecule has 2 N–H and O–H groups in total. The number of nitrogens with one attached hydrogen (secondary N) is 2. The Labute approximate surface area is 128 Å². The molecule has 5 nitrogen and oxygen atoms in total. The van der Waals surface area contributed by atoms with E-state index in [0.29, 0.717) is 13.2 Å². The maximum Gasteiger partial charge on any atom is 0.191 e. The van der Waals surface area contributed by atoms with Crippen LogP contribution in [0.3, 0.4) is 0 Å². The monoisotopic (exact) mass is 373 g/mol. The van der Waals surface area contributed by atoms with Crippen LogP contribution in [0, 0.1) is 0 Å². The first-order valence-electron chi connectivity index (χ1n) is 6.45. The van der Waals surface area contributed by atoms with Crippen molar-refractivity contribution in [1.29, 1.82) is 0 Å². The lowest BCUT2D eigenvalue weighted by Gasteiger charge is -2.11. The van der Waals surface area contributed by atoms with Gasteiger partial charge in [0.25, 0.3) is 0 Å². The zero-order valence-electron chi connectivity index (χ0n) is 11.8. The van der Waals surface area contributed by atoms with Gasteiger partial charge in [-0.15, -0.1) is 24.0 Å². The molecule has 0 radical (unpaired) electrons. The molecule has 0 unspecified atom stereocenters. The molecule has 18 heavy (non-hydrogen) atoms. The van der Waals surface area contributed by atoms with Gasteiger partial charge in [-0.3, -0.25) is 4.99 Å². The molecule has 0 atom stereocenters. The van der Waals surface area contributed by atoms with E-state index >= 15 is 0 Å². The van der Waals surface area contributed by atoms with E-state index in [1.165, 1.54) is 6.42 Å². The van der Waals surface area contributed by atoms with Crippen LogP contribution in [-0.2, 0) is 9.47 Å². The Kier molecular flexibility index (Phi) is 19.0. The average molecular weight is 373 g/mol. The van der Waals surface area contributed by atoms with E-state index in [9.17, 15) is 0 Å². The summed E-state index contributed by atoms with van der Waals surface area (Å²) in [6, 6.07) is 0. The molecule has 0 aliphatic rings. The summed E-state index contributed by atoms with van der Waals surface area (Å²) in [5.74, 6) is 0.795. The zero-order valence-corrected chi connectivity index (χ0v) is 14.2. The summed E-state index contributed by atoms with van der Waals surface area (Å²) < 4.78 is 10.7. The summed E-state index contributed by atoms with van der Waals surface area (Å²) in [6.45, 7) is 8.69. The number of nitrogens with zero attached hydrogens (tertiary/aromatic N) is 1. The first-order chi connectivity index (χ1) is 8.35. The minimum absolute atomic E-state index is 0. The highest BCUT2D eigenvalue weighted by molar-refractivity contribution is 14.0. The molecule has 0 bridgehead atoms. The molecule has 6 heteroatoms. The van der Waals surface area contributed by atoms with E-state index in [-0.39, 0.29) is 24.0 Å². The van der Waals surface area contributed by atoms with E-state index < -0.39 is 0 Å². The molecule has 0 aliphatic carbocycles. The van der Waals surface area contributed by atoms with Crippen LogP contribution >= 0.6 is 24.0 Å². The van der Waals surface area contributed by atoms with Crippen molar-refractivity contribution in [2.24, 2.45) is 4.99 Å². The second kappa shape index (κ2) is 16.9. The molecule has 0 aromatic rings. The molecule has 0 aliphatic heterocycles. The lowest BCUT2D eigenvalue weighted by atomic mass is 10.4. The number of halogens is 1. The third-order valence-electron chi connectivity index (χ3n) is 2.15. The van der Waals surface area contributed by atoms with Gasteiger partial charge in [-0.2, -0.15) is 0 Å². The fourth-order valence-electron chi connectivity index (χ4n) is 1.20. The van der Waals surface area contributed by atoms with Crippen LogP contribution < -0.4 is 10.6 Å². The molecule has 0 saturated carbocycles. The van der Waals surface area contributed by atoms with Gasteiger partial charge in [0.1, 0.15) is 0 Å². The quantitative estimate of drug-likeness (QED) is 0.265. The van der Waals surface area contributed by atoms with Crippen molar-refractivity contribution in [3.8, 4) is 0 Å². The van der Waals surface area contributed by atoms with Crippen molar-refractivity contribution in [3.63, 3.8) is 0 Å². The van der Waals surface area contributed by atoms with Gasteiger partial charge in [0.2, 0.25) is 0 Å². The first-order valence-corrected chi connectivity index (χ1v) is 6.45. The van der Waals surface area contributed by atoms with Crippen LogP contribution in [-0.4, -0.2) is 52.5 Å². The summed E-state index contributed by atoms with van der Waals surface area (Å²) in [5.41, 5.74) is 0. The largest absolute Gasteiger partial charge is 0.380 e. The van der Waals surface area contributed by atoms with Crippen LogP contribution in [0.1, 0.15) is 26.7 Å². The van der Waals surface area contributed by atoms with Crippen LogP contribution in [0.5, 0.6) is 0 Å². The van der Waals surface area contributed by atoms with Gasteiger partial charge in [0, 0.05) is 33.4 Å². The van der Waals surface area contributed by atoms with Crippen LogP contribution in [0.4, 0.5) is 0 Å². The smallest absolute Gasteiger partial charge is 0.191 e. The van der Waals surface area contributed by atoms with E-state index in [0.717, 1.165) is 38.7 Å². The SMILES string of the molecule is CCCCOCCNC(=NC)NCCOCC.I. The van der Waals surface area contributed by atoms with Gasteiger partial charge >= 0.3 is 0 Å². The van der Waals surface area contributed by atoms with Crippen LogP contribution in [0.25, 0.3) is 0 Å². The van der Waals surface area contributed by atoms with Crippen molar-refractivity contribution in [3.05, 3.63) is 0 Å². The second-order valence-electron chi connectivity index (χ2n) is 3.59. The molecular formula is C12H28IN3O2. The van der Waals surface area contributed by atoms with Crippen molar-refractivity contribution in [2.75, 3.05) is 46.6 Å². The standard InChI is InChI=1S/C12H27N3O2.HI/c1-4-6-9-17-11-8-15-12(13-3)14-7-10-16-5-2;/h4-11H2,1-3H3,(H2,13,14,15);1H. The minimum atomic E-state index is 0. The van der Waals surface area contributed by atoms with Crippen molar-refractivity contribution < 1.29 is 9.47 Å². The number of ether oxygens (including phenoxy) is 2. The molecule has 0 rings (SSSR count). The molecular weight excluding hydrogens is 345 g/mol. The first kappa shape index (κ1) is 20.2. The fraction of sp³-hybridized carbons (Fsp3) is 0.917. The summed E-state index contributed by atoms with van der Waals surface area (Å²) in [4.78, 5) is 4.10. The third-order valence-corrected chi connectivity index (χ3v) is 2.15. The molecule has 0 spiro atoms. The Bertz CT molecular complexity index is 192. The third kappa shape index (κ3) is 14.0. The predicted molar refractivity (Wildman–Crippen MR) is 87.0 cm³/mol. The van der Waals surface area contributed by atoms with E-state index in [1.54, 1.807) is 7.05 Å². The minimum Gasteiger partial charge on any atom is -0.380 e. The van der Waals surface area contributed by atoms with E-state index in [4.69, 9.17) is 9.47 Å². The predicted octanol–water partition coefficient (Wildman–Crippen LogP) is 1.62. The highest BCUT2D eigenvalue weighted by Gasteiger charge is 1.95. The Morgan fingerprint density at radius 2 is 1.61 bits per heavy atom. The number of guanidine groups is 1. The van der Waals surface area contributed by atoms with Crippen molar-refractivity contribution in [2.45, 2.75) is 26.7 Å². The normalized spacial score (nSPS) is 10.9. The number of rotatable bonds is 10. The summed E-state index contributed by atoms with van der Waals surface area (Å²) in [5, 5.41) is 6.35. The van der Waals surface area contributed by atoms with Gasteiger partial charge in [0.15, 0.2) is 5.96 Å². The Morgan fingerprint density at radius 1 is 1.00 bits per heavy atom. The molecule has 0 aromatic carbocycles. The van der Waals surface area contributed by atoms with Crippen LogP contribution in [0.15, 0.2) is 4.99 Å². The highest BCUT2D eigenvalue weighted by atomic mass is 127. The number of hydrogen-bond acceptors (Lipinski definition) is 3. The maximum absolute atomic E-state index is 5.44. The lowest BCUT2D eigenvalue weighted by Crippen LogP contribution is -2.40. The topological polar surface area (TPSA) is 54.9 Å². The molecule has 110 valence electrons. The van der Waals surface area contributed by atoms with Gasteiger partial charge in [-0.25, -0.2) is 0 Å². The van der Waals surface area contributed by atoms with Crippen LogP contribution in [0.2, 0.25) is 0 Å². The second-order valence-corrected chi connectivity index (χ2v) is 3.59. The number of unbranched alkanes of at least 4 members (excludes halogenated alkanes) is 1. The van der Waals surface area contributed by atoms with Gasteiger partial charge < -0.3 is 20.1 Å². The van der Waals surface area contributed by atoms with Gasteiger partial charge in [-0.1, -0.05) is 13.3 Å². The van der Waals surface area contributed by atoms with Gasteiger partial charge in [0.05, 0.1) is 13.2 Å². The lowest BCUT2D eigenvalue weighted by molar-refractivity contribution is 0.135. The Morgan fingerprint density at radius 3 is 2.11 bits per heavy atom. The molecule has 0 fully saturated rings. The van der Waals surface area contributed by atoms with Crippen molar-refractivity contribution >= 4 is 29.9 Å². The molecule has 0 amide bonds. The maximum atomic E-state index is 5.44. The summed E-state index contributed by atoms with van der Waals surface area (Å²) >= 11 is 0. The average Bonchev–Trinajstić information content (AvgIpc) is 2.36. The summed E-state index contributed by atoms with van der Waals surface area (Å²) in [6.07, 6.45) is 2.30. The highest BCUT2D eigenvalue weighted by Crippen LogP contribution is 1.86. The van der Waals surface area contributed by atoms with E-state index in [1.807, 2.05) is 6.92 Å². The van der Waals surface area contributed by atoms with E-state index in [2.05, 4.69) is 22.5 Å². The Hall–Kier alpha value is -0.0800. The number of hydrogen-bond donors (Lipinski definition) is 2. The number of aliphatic imine (C=N–C) groups is 1. The fourth-order valence-corrected chi connectivity index (χ4v) is 1.20. The summed E-state index contributed by atoms with van der Waals surface area (Å²) in [7, 11) is 1.76. The van der Waals surface area contributed by atoms with Crippen molar-refractivity contribution in [1.82, 2.24) is 10.6 Å². The molecule has 0 heterocycles. The Balaban J connectivity index is 0. The van der Waals surface area contributed by atoms with Gasteiger partial charge in [-0.05, 0) is 13.3 Å².